The first-order valence-electron chi connectivity index (χ1n) is 5.93. The first-order chi connectivity index (χ1) is 9.62. The van der Waals surface area contributed by atoms with Gasteiger partial charge in [-0.15, -0.1) is 10.2 Å². The number of aromatic nitrogens is 3. The van der Waals surface area contributed by atoms with Crippen molar-refractivity contribution in [1.82, 2.24) is 14.8 Å². The summed E-state index contributed by atoms with van der Waals surface area (Å²) < 4.78 is 7.16. The Balaban J connectivity index is 2.57. The Morgan fingerprint density at radius 3 is 2.75 bits per heavy atom. The number of nitro benzene ring substituents is 1. The lowest BCUT2D eigenvalue weighted by molar-refractivity contribution is -0.384. The molecule has 20 heavy (non-hydrogen) atoms. The summed E-state index contributed by atoms with van der Waals surface area (Å²) >= 11 is 3.36. The van der Waals surface area contributed by atoms with E-state index in [4.69, 9.17) is 4.74 Å². The van der Waals surface area contributed by atoms with Crippen molar-refractivity contribution >= 4 is 21.6 Å². The summed E-state index contributed by atoms with van der Waals surface area (Å²) in [6, 6.07) is 4.45. The van der Waals surface area contributed by atoms with Crippen molar-refractivity contribution in [2.24, 2.45) is 0 Å². The highest BCUT2D eigenvalue weighted by Gasteiger charge is 2.18. The van der Waals surface area contributed by atoms with Crippen LogP contribution in [0.5, 0.6) is 5.75 Å². The smallest absolute Gasteiger partial charge is 0.273 e. The van der Waals surface area contributed by atoms with E-state index in [1.54, 1.807) is 6.07 Å². The van der Waals surface area contributed by atoms with Crippen molar-refractivity contribution in [3.63, 3.8) is 0 Å². The highest BCUT2D eigenvalue weighted by molar-refractivity contribution is 9.08. The largest absolute Gasteiger partial charge is 0.496 e. The van der Waals surface area contributed by atoms with E-state index in [1.807, 2.05) is 11.5 Å². The number of hydrogen-bond donors (Lipinski definition) is 0. The summed E-state index contributed by atoms with van der Waals surface area (Å²) in [6.07, 6.45) is 0. The van der Waals surface area contributed by atoms with Crippen molar-refractivity contribution in [2.45, 2.75) is 18.8 Å². The molecule has 0 N–H and O–H groups in total. The molecule has 0 bridgehead atoms. The zero-order chi connectivity index (χ0) is 14.7. The van der Waals surface area contributed by atoms with Gasteiger partial charge in [-0.2, -0.15) is 0 Å². The fourth-order valence-electron chi connectivity index (χ4n) is 1.94. The third-order valence-corrected chi connectivity index (χ3v) is 3.40. The van der Waals surface area contributed by atoms with Gasteiger partial charge in [-0.05, 0) is 13.0 Å². The summed E-state index contributed by atoms with van der Waals surface area (Å²) in [6.45, 7) is 2.68. The monoisotopic (exact) mass is 340 g/mol. The number of ether oxygens (including phenoxy) is 1. The number of benzene rings is 1. The molecule has 0 spiro atoms. The molecule has 1 aromatic carbocycles. The van der Waals surface area contributed by atoms with Gasteiger partial charge in [-0.25, -0.2) is 0 Å². The van der Waals surface area contributed by atoms with Gasteiger partial charge >= 0.3 is 0 Å². The SMILES string of the molecule is CCn1c(CBr)nnc1-c1ccc([N+](=O)[O-])cc1OC. The Morgan fingerprint density at radius 1 is 1.45 bits per heavy atom. The molecular weight excluding hydrogens is 328 g/mol. The van der Waals surface area contributed by atoms with E-state index in [0.717, 1.165) is 5.82 Å². The number of nitro groups is 1. The Bertz CT molecular complexity index is 642. The lowest BCUT2D eigenvalue weighted by Crippen LogP contribution is -2.03. The maximum atomic E-state index is 10.8. The molecule has 0 aliphatic heterocycles. The van der Waals surface area contributed by atoms with Crippen molar-refractivity contribution in [2.75, 3.05) is 7.11 Å². The minimum atomic E-state index is -0.458. The van der Waals surface area contributed by atoms with Crippen LogP contribution in [-0.4, -0.2) is 26.8 Å². The summed E-state index contributed by atoms with van der Waals surface area (Å²) in [5, 5.41) is 19.6. The van der Waals surface area contributed by atoms with E-state index in [2.05, 4.69) is 26.1 Å². The normalized spacial score (nSPS) is 10.6. The average Bonchev–Trinajstić information content (AvgIpc) is 2.88. The first kappa shape index (κ1) is 14.4. The van der Waals surface area contributed by atoms with Crippen LogP contribution < -0.4 is 4.74 Å². The van der Waals surface area contributed by atoms with Gasteiger partial charge in [0.2, 0.25) is 0 Å². The van der Waals surface area contributed by atoms with Crippen LogP contribution in [0.3, 0.4) is 0 Å². The molecule has 1 heterocycles. The van der Waals surface area contributed by atoms with Crippen LogP contribution in [0.1, 0.15) is 12.7 Å². The molecule has 106 valence electrons. The van der Waals surface area contributed by atoms with E-state index in [-0.39, 0.29) is 5.69 Å². The van der Waals surface area contributed by atoms with Crippen LogP contribution in [0, 0.1) is 10.1 Å². The molecule has 0 atom stereocenters. The molecule has 1 aromatic heterocycles. The maximum Gasteiger partial charge on any atom is 0.273 e. The molecule has 0 amide bonds. The van der Waals surface area contributed by atoms with Gasteiger partial charge in [0, 0.05) is 12.6 Å². The van der Waals surface area contributed by atoms with Crippen LogP contribution in [0.2, 0.25) is 0 Å². The fourth-order valence-corrected chi connectivity index (χ4v) is 2.36. The molecular formula is C12H13BrN4O3. The molecule has 8 heteroatoms. The van der Waals surface area contributed by atoms with Crippen molar-refractivity contribution in [3.05, 3.63) is 34.1 Å². The van der Waals surface area contributed by atoms with Crippen molar-refractivity contribution in [1.29, 1.82) is 0 Å². The Hall–Kier alpha value is -1.96. The Kier molecular flexibility index (Phi) is 4.33. The van der Waals surface area contributed by atoms with Gasteiger partial charge in [-0.1, -0.05) is 15.9 Å². The highest BCUT2D eigenvalue weighted by Crippen LogP contribution is 2.32. The predicted octanol–water partition coefficient (Wildman–Crippen LogP) is 2.78. The molecule has 7 nitrogen and oxygen atoms in total. The molecule has 0 saturated heterocycles. The van der Waals surface area contributed by atoms with Crippen LogP contribution in [0.4, 0.5) is 5.69 Å². The first-order valence-corrected chi connectivity index (χ1v) is 7.05. The maximum absolute atomic E-state index is 10.8. The fraction of sp³-hybridized carbons (Fsp3) is 0.333. The molecule has 2 aromatic rings. The Labute approximate surface area is 123 Å². The van der Waals surface area contributed by atoms with Gasteiger partial charge < -0.3 is 9.30 Å². The zero-order valence-corrected chi connectivity index (χ0v) is 12.6. The van der Waals surface area contributed by atoms with Crippen molar-refractivity contribution in [3.8, 4) is 17.1 Å². The number of nitrogens with zero attached hydrogens (tertiary/aromatic N) is 4. The summed E-state index contributed by atoms with van der Waals surface area (Å²) in [7, 11) is 1.47. The van der Waals surface area contributed by atoms with Gasteiger partial charge in [0.05, 0.1) is 29.0 Å². The van der Waals surface area contributed by atoms with Crippen molar-refractivity contribution < 1.29 is 9.66 Å². The van der Waals surface area contributed by atoms with E-state index in [1.165, 1.54) is 19.2 Å². The number of rotatable bonds is 5. The standard InChI is InChI=1S/C12H13BrN4O3/c1-3-16-11(7-13)14-15-12(16)9-5-4-8(17(18)19)6-10(9)20-2/h4-6H,3,7H2,1-2H3. The molecule has 0 radical (unpaired) electrons. The van der Waals surface area contributed by atoms with E-state index in [0.29, 0.717) is 29.0 Å². The second kappa shape index (κ2) is 6.00. The van der Waals surface area contributed by atoms with E-state index >= 15 is 0 Å². The van der Waals surface area contributed by atoms with Gasteiger partial charge in [-0.3, -0.25) is 10.1 Å². The average molecular weight is 341 g/mol. The third-order valence-electron chi connectivity index (χ3n) is 2.90. The molecule has 0 aliphatic carbocycles. The number of methoxy groups -OCH3 is 1. The number of alkyl halides is 1. The molecule has 0 fully saturated rings. The summed E-state index contributed by atoms with van der Waals surface area (Å²) in [4.78, 5) is 10.3. The molecule has 0 saturated carbocycles. The predicted molar refractivity (Wildman–Crippen MR) is 77.0 cm³/mol. The van der Waals surface area contributed by atoms with Crippen LogP contribution in [0.25, 0.3) is 11.4 Å². The van der Waals surface area contributed by atoms with E-state index < -0.39 is 4.92 Å². The minimum Gasteiger partial charge on any atom is -0.496 e. The van der Waals surface area contributed by atoms with Crippen LogP contribution >= 0.6 is 15.9 Å². The lowest BCUT2D eigenvalue weighted by Gasteiger charge is -2.09. The number of non-ortho nitro benzene ring substituents is 1. The lowest BCUT2D eigenvalue weighted by atomic mass is 10.1. The van der Waals surface area contributed by atoms with Gasteiger partial charge in [0.15, 0.2) is 5.82 Å². The number of halogens is 1. The van der Waals surface area contributed by atoms with Crippen LogP contribution in [-0.2, 0) is 11.9 Å². The second-order valence-electron chi connectivity index (χ2n) is 3.96. The Morgan fingerprint density at radius 2 is 2.20 bits per heavy atom. The van der Waals surface area contributed by atoms with Gasteiger partial charge in [0.25, 0.3) is 5.69 Å². The zero-order valence-electron chi connectivity index (χ0n) is 11.0. The molecule has 0 aliphatic rings. The molecule has 2 rings (SSSR count). The van der Waals surface area contributed by atoms with E-state index in [9.17, 15) is 10.1 Å². The number of hydrogen-bond acceptors (Lipinski definition) is 5. The third kappa shape index (κ3) is 2.51. The quantitative estimate of drug-likeness (QED) is 0.474. The van der Waals surface area contributed by atoms with Gasteiger partial charge in [0.1, 0.15) is 11.6 Å². The topological polar surface area (TPSA) is 83.1 Å². The minimum absolute atomic E-state index is 0.0196. The highest BCUT2D eigenvalue weighted by atomic mass is 79.9. The molecule has 0 unspecified atom stereocenters. The van der Waals surface area contributed by atoms with Crippen LogP contribution in [0.15, 0.2) is 18.2 Å². The summed E-state index contributed by atoms with van der Waals surface area (Å²) in [5.74, 6) is 1.83. The summed E-state index contributed by atoms with van der Waals surface area (Å²) in [5.41, 5.74) is 0.661. The second-order valence-corrected chi connectivity index (χ2v) is 4.52.